The highest BCUT2D eigenvalue weighted by atomic mass is 32.2. The van der Waals surface area contributed by atoms with Crippen molar-refractivity contribution in [3.05, 3.63) is 0 Å². The molecule has 1 unspecified atom stereocenters. The van der Waals surface area contributed by atoms with E-state index in [1.807, 2.05) is 4.72 Å². The fourth-order valence-corrected chi connectivity index (χ4v) is 2.62. The van der Waals surface area contributed by atoms with Crippen LogP contribution in [-0.2, 0) is 15.0 Å². The van der Waals surface area contributed by atoms with Gasteiger partial charge in [-0.05, 0) is 6.42 Å². The third-order valence-corrected chi connectivity index (χ3v) is 4.29. The largest absolute Gasteiger partial charge is 0.481 e. The molecular formula is C7H11F3N2O4S. The zero-order chi connectivity index (χ0) is 13.5. The second-order valence-corrected chi connectivity index (χ2v) is 5.55. The molecule has 0 aromatic carbocycles. The lowest BCUT2D eigenvalue weighted by atomic mass is 9.86. The first-order valence-electron chi connectivity index (χ1n) is 4.55. The van der Waals surface area contributed by atoms with Crippen molar-refractivity contribution in [3.8, 4) is 0 Å². The van der Waals surface area contributed by atoms with Crippen LogP contribution in [0.15, 0.2) is 0 Å². The van der Waals surface area contributed by atoms with E-state index in [1.54, 1.807) is 0 Å². The van der Waals surface area contributed by atoms with Crippen LogP contribution >= 0.6 is 0 Å². The molecule has 17 heavy (non-hydrogen) atoms. The van der Waals surface area contributed by atoms with E-state index in [0.717, 1.165) is 7.05 Å². The molecule has 10 heteroatoms. The van der Waals surface area contributed by atoms with Gasteiger partial charge in [0.2, 0.25) is 0 Å². The van der Waals surface area contributed by atoms with Crippen LogP contribution in [0.5, 0.6) is 0 Å². The number of carboxylic acids is 1. The maximum Gasteiger partial charge on any atom is 0.406 e. The van der Waals surface area contributed by atoms with Crippen LogP contribution in [0.4, 0.5) is 13.2 Å². The Morgan fingerprint density at radius 3 is 2.29 bits per heavy atom. The zero-order valence-corrected chi connectivity index (χ0v) is 9.60. The first-order chi connectivity index (χ1) is 7.57. The lowest BCUT2D eigenvalue weighted by Gasteiger charge is -2.26. The first-order valence-corrected chi connectivity index (χ1v) is 5.99. The van der Waals surface area contributed by atoms with E-state index in [0.29, 0.717) is 4.31 Å². The molecule has 2 N–H and O–H groups in total. The summed E-state index contributed by atoms with van der Waals surface area (Å²) in [4.78, 5) is 10.8. The van der Waals surface area contributed by atoms with Crippen LogP contribution in [0, 0.1) is 5.41 Å². The number of alkyl halides is 3. The minimum Gasteiger partial charge on any atom is -0.481 e. The van der Waals surface area contributed by atoms with Gasteiger partial charge in [-0.3, -0.25) is 4.79 Å². The third-order valence-electron chi connectivity index (χ3n) is 2.78. The lowest BCUT2D eigenvalue weighted by molar-refractivity contribution is -0.226. The van der Waals surface area contributed by atoms with Crippen LogP contribution in [-0.4, -0.2) is 50.1 Å². The Balaban J connectivity index is 3.08. The summed E-state index contributed by atoms with van der Waals surface area (Å²) in [7, 11) is -3.00. The SMILES string of the molecule is CNS(=O)(=O)N1CCC(C(=O)O)(C(F)(F)F)C1. The molecule has 1 atom stereocenters. The Hall–Kier alpha value is -0.870. The van der Waals surface area contributed by atoms with Crippen molar-refractivity contribution in [2.75, 3.05) is 20.1 Å². The predicted molar refractivity (Wildman–Crippen MR) is 50.3 cm³/mol. The number of hydrogen-bond acceptors (Lipinski definition) is 3. The monoisotopic (exact) mass is 276 g/mol. The Morgan fingerprint density at radius 1 is 1.47 bits per heavy atom. The summed E-state index contributed by atoms with van der Waals surface area (Å²) in [6.07, 6.45) is -5.77. The van der Waals surface area contributed by atoms with Crippen LogP contribution in [0.3, 0.4) is 0 Å². The maximum atomic E-state index is 12.7. The Labute approximate surface area is 95.6 Å². The van der Waals surface area contributed by atoms with Gasteiger partial charge in [0.15, 0.2) is 5.41 Å². The summed E-state index contributed by atoms with van der Waals surface area (Å²) in [6.45, 7) is -1.58. The van der Waals surface area contributed by atoms with Gasteiger partial charge in [-0.25, -0.2) is 4.72 Å². The molecule has 1 aliphatic heterocycles. The molecule has 1 rings (SSSR count). The quantitative estimate of drug-likeness (QED) is 0.746. The molecule has 100 valence electrons. The van der Waals surface area contributed by atoms with E-state index in [9.17, 15) is 26.4 Å². The molecule has 0 spiro atoms. The molecule has 0 aromatic heterocycles. The summed E-state index contributed by atoms with van der Waals surface area (Å²) < 4.78 is 63.0. The van der Waals surface area contributed by atoms with Gasteiger partial charge in [0.05, 0.1) is 0 Å². The third kappa shape index (κ3) is 2.24. The Bertz CT molecular complexity index is 421. The molecule has 0 amide bonds. The Kier molecular flexibility index (Phi) is 3.43. The second kappa shape index (κ2) is 4.10. The number of halogens is 3. The maximum absolute atomic E-state index is 12.7. The molecule has 0 aromatic rings. The molecule has 1 saturated heterocycles. The summed E-state index contributed by atoms with van der Waals surface area (Å²) in [5.74, 6) is -2.06. The highest BCUT2D eigenvalue weighted by molar-refractivity contribution is 7.87. The highest BCUT2D eigenvalue weighted by Gasteiger charge is 2.64. The van der Waals surface area contributed by atoms with Crippen molar-refractivity contribution in [3.63, 3.8) is 0 Å². The van der Waals surface area contributed by atoms with E-state index in [2.05, 4.69) is 0 Å². The van der Waals surface area contributed by atoms with Crippen molar-refractivity contribution < 1.29 is 31.5 Å². The fourth-order valence-electron chi connectivity index (χ4n) is 1.64. The second-order valence-electron chi connectivity index (χ2n) is 3.68. The van der Waals surface area contributed by atoms with E-state index < -0.39 is 47.3 Å². The summed E-state index contributed by atoms with van der Waals surface area (Å²) in [5.41, 5.74) is -3.02. The van der Waals surface area contributed by atoms with E-state index in [1.165, 1.54) is 0 Å². The summed E-state index contributed by atoms with van der Waals surface area (Å²) in [5, 5.41) is 8.69. The topological polar surface area (TPSA) is 86.7 Å². The van der Waals surface area contributed by atoms with E-state index in [-0.39, 0.29) is 0 Å². The number of nitrogens with one attached hydrogen (secondary N) is 1. The molecule has 0 bridgehead atoms. The van der Waals surface area contributed by atoms with Gasteiger partial charge in [-0.15, -0.1) is 0 Å². The van der Waals surface area contributed by atoms with Crippen molar-refractivity contribution in [2.45, 2.75) is 12.6 Å². The average Bonchev–Trinajstić information content (AvgIpc) is 2.62. The molecule has 0 aliphatic carbocycles. The number of aliphatic carboxylic acids is 1. The number of carboxylic acid groups (broad SMARTS) is 1. The van der Waals surface area contributed by atoms with Gasteiger partial charge in [-0.2, -0.15) is 25.9 Å². The number of rotatable bonds is 3. The molecule has 0 radical (unpaired) electrons. The van der Waals surface area contributed by atoms with Gasteiger partial charge in [0.1, 0.15) is 0 Å². The van der Waals surface area contributed by atoms with Gasteiger partial charge >= 0.3 is 12.1 Å². The molecule has 0 saturated carbocycles. The molecule has 1 heterocycles. The number of nitrogens with zero attached hydrogens (tertiary/aromatic N) is 1. The molecule has 6 nitrogen and oxygen atoms in total. The summed E-state index contributed by atoms with van der Waals surface area (Å²) in [6, 6.07) is 0. The van der Waals surface area contributed by atoms with Crippen molar-refractivity contribution in [2.24, 2.45) is 5.41 Å². The molecule has 1 aliphatic rings. The van der Waals surface area contributed by atoms with Crippen molar-refractivity contribution >= 4 is 16.2 Å². The lowest BCUT2D eigenvalue weighted by Crippen LogP contribution is -2.48. The van der Waals surface area contributed by atoms with Crippen LogP contribution < -0.4 is 4.72 Å². The summed E-state index contributed by atoms with van der Waals surface area (Å²) >= 11 is 0. The van der Waals surface area contributed by atoms with Crippen LogP contribution in [0.25, 0.3) is 0 Å². The fraction of sp³-hybridized carbons (Fsp3) is 0.857. The molecule has 1 fully saturated rings. The highest BCUT2D eigenvalue weighted by Crippen LogP contribution is 2.46. The van der Waals surface area contributed by atoms with Gasteiger partial charge in [0, 0.05) is 20.1 Å². The smallest absolute Gasteiger partial charge is 0.406 e. The van der Waals surface area contributed by atoms with Gasteiger partial charge in [-0.1, -0.05) is 0 Å². The van der Waals surface area contributed by atoms with Gasteiger partial charge in [0.25, 0.3) is 10.2 Å². The number of carbonyl (C=O) groups is 1. The van der Waals surface area contributed by atoms with Gasteiger partial charge < -0.3 is 5.11 Å². The van der Waals surface area contributed by atoms with Crippen molar-refractivity contribution in [1.82, 2.24) is 9.03 Å². The van der Waals surface area contributed by atoms with E-state index in [4.69, 9.17) is 5.11 Å². The zero-order valence-electron chi connectivity index (χ0n) is 8.78. The van der Waals surface area contributed by atoms with E-state index >= 15 is 0 Å². The normalized spacial score (nSPS) is 27.3. The van der Waals surface area contributed by atoms with Crippen LogP contribution in [0.1, 0.15) is 6.42 Å². The van der Waals surface area contributed by atoms with Crippen LogP contribution in [0.2, 0.25) is 0 Å². The predicted octanol–water partition coefficient (Wildman–Crippen LogP) is -0.210. The molecular weight excluding hydrogens is 265 g/mol. The minimum atomic E-state index is -4.99. The Morgan fingerprint density at radius 2 is 2.00 bits per heavy atom. The average molecular weight is 276 g/mol. The number of hydrogen-bond donors (Lipinski definition) is 2. The minimum absolute atomic E-state index is 0.477. The first kappa shape index (κ1) is 14.2. The standard InChI is InChI=1S/C7H11F3N2O4S/c1-11-17(15,16)12-3-2-6(4-12,5(13)14)7(8,9)10/h11H,2-4H2,1H3,(H,13,14). The van der Waals surface area contributed by atoms with Crippen molar-refractivity contribution in [1.29, 1.82) is 0 Å².